The van der Waals surface area contributed by atoms with Crippen molar-refractivity contribution in [2.75, 3.05) is 0 Å². The van der Waals surface area contributed by atoms with Crippen LogP contribution in [0.3, 0.4) is 0 Å². The summed E-state index contributed by atoms with van der Waals surface area (Å²) >= 11 is 13.7. The van der Waals surface area contributed by atoms with Gasteiger partial charge in [0.15, 0.2) is 4.80 Å². The zero-order valence-electron chi connectivity index (χ0n) is 19.7. The maximum atomic E-state index is 13.7. The van der Waals surface area contributed by atoms with Crippen LogP contribution in [0, 0.1) is 6.92 Å². The van der Waals surface area contributed by atoms with Crippen molar-refractivity contribution >= 4 is 46.3 Å². The van der Waals surface area contributed by atoms with Crippen LogP contribution in [0.2, 0.25) is 10.0 Å². The van der Waals surface area contributed by atoms with E-state index in [0.717, 1.165) is 28.0 Å². The highest BCUT2D eigenvalue weighted by Gasteiger charge is 2.22. The van der Waals surface area contributed by atoms with E-state index in [1.807, 2.05) is 97.9 Å². The predicted molar refractivity (Wildman–Crippen MR) is 151 cm³/mol. The Hall–Kier alpha value is -3.64. The van der Waals surface area contributed by atoms with Crippen LogP contribution >= 0.6 is 34.5 Å². The Kier molecular flexibility index (Phi) is 6.21. The summed E-state index contributed by atoms with van der Waals surface area (Å²) in [5.74, 6) is 1.29. The highest BCUT2D eigenvalue weighted by atomic mass is 35.5. The molecule has 0 fully saturated rings. The molecule has 7 heteroatoms. The van der Waals surface area contributed by atoms with E-state index >= 15 is 0 Å². The lowest BCUT2D eigenvalue weighted by atomic mass is 10.0. The number of hydrogen-bond donors (Lipinski definition) is 0. The molecule has 1 unspecified atom stereocenters. The Bertz CT molecular complexity index is 1830. The standard InChI is InChI=1S/C30H20Cl2N2O2S/c1-18-7-10-22(32)15-24(18)27-14-13-23(36-27)16-28-29(35)34-26(20-8-11-21(31)12-9-20)17-25(33-30(34)37-28)19-5-3-2-4-6-19/h2-17,26H,1H3. The van der Waals surface area contributed by atoms with Crippen molar-refractivity contribution in [3.63, 3.8) is 0 Å². The summed E-state index contributed by atoms with van der Waals surface area (Å²) in [6, 6.07) is 26.7. The molecule has 5 aromatic rings. The van der Waals surface area contributed by atoms with Gasteiger partial charge in [0.25, 0.3) is 5.56 Å². The van der Waals surface area contributed by atoms with Gasteiger partial charge in [-0.25, -0.2) is 4.99 Å². The van der Waals surface area contributed by atoms with Crippen LogP contribution in [0.1, 0.15) is 28.5 Å². The van der Waals surface area contributed by atoms with Crippen molar-refractivity contribution in [3.05, 3.63) is 143 Å². The van der Waals surface area contributed by atoms with Gasteiger partial charge in [-0.2, -0.15) is 0 Å². The maximum absolute atomic E-state index is 13.7. The summed E-state index contributed by atoms with van der Waals surface area (Å²) in [4.78, 5) is 19.1. The maximum Gasteiger partial charge on any atom is 0.271 e. The third-order valence-electron chi connectivity index (χ3n) is 6.29. The number of aryl methyl sites for hydroxylation is 1. The highest BCUT2D eigenvalue weighted by molar-refractivity contribution is 7.07. The van der Waals surface area contributed by atoms with Crippen molar-refractivity contribution in [1.82, 2.24) is 4.57 Å². The molecule has 0 saturated heterocycles. The fourth-order valence-corrected chi connectivity index (χ4v) is 5.71. The van der Waals surface area contributed by atoms with Crippen molar-refractivity contribution in [3.8, 4) is 11.3 Å². The fraction of sp³-hybridized carbons (Fsp3) is 0.0667. The number of halogens is 2. The highest BCUT2D eigenvalue weighted by Crippen LogP contribution is 2.29. The minimum Gasteiger partial charge on any atom is -0.457 e. The monoisotopic (exact) mass is 542 g/mol. The van der Waals surface area contributed by atoms with Gasteiger partial charge in [-0.15, -0.1) is 0 Å². The van der Waals surface area contributed by atoms with E-state index in [-0.39, 0.29) is 11.6 Å². The van der Waals surface area contributed by atoms with Gasteiger partial charge in [0.05, 0.1) is 16.3 Å². The summed E-state index contributed by atoms with van der Waals surface area (Å²) in [6.45, 7) is 2.01. The fourth-order valence-electron chi connectivity index (χ4n) is 4.41. The smallest absolute Gasteiger partial charge is 0.271 e. The zero-order valence-corrected chi connectivity index (χ0v) is 22.0. The molecule has 182 valence electrons. The molecular weight excluding hydrogens is 523 g/mol. The Labute approximate surface area is 227 Å². The van der Waals surface area contributed by atoms with Gasteiger partial charge in [0, 0.05) is 21.7 Å². The van der Waals surface area contributed by atoms with Crippen LogP contribution < -0.4 is 14.9 Å². The Balaban J connectivity index is 1.48. The summed E-state index contributed by atoms with van der Waals surface area (Å²) in [5.41, 5.74) is 4.63. The van der Waals surface area contributed by atoms with Crippen molar-refractivity contribution in [1.29, 1.82) is 0 Å². The first-order chi connectivity index (χ1) is 18.0. The first kappa shape index (κ1) is 23.7. The van der Waals surface area contributed by atoms with Crippen molar-refractivity contribution < 1.29 is 4.42 Å². The van der Waals surface area contributed by atoms with Crippen LogP contribution in [0.25, 0.3) is 23.1 Å². The van der Waals surface area contributed by atoms with E-state index in [2.05, 4.69) is 0 Å². The largest absolute Gasteiger partial charge is 0.457 e. The third-order valence-corrected chi connectivity index (χ3v) is 7.76. The molecule has 2 aromatic heterocycles. The molecule has 1 aliphatic rings. The number of allylic oxidation sites excluding steroid dienone is 1. The lowest BCUT2D eigenvalue weighted by Crippen LogP contribution is -2.36. The Morgan fingerprint density at radius 3 is 2.49 bits per heavy atom. The topological polar surface area (TPSA) is 47.5 Å². The van der Waals surface area contributed by atoms with Crippen molar-refractivity contribution in [2.45, 2.75) is 13.0 Å². The SMILES string of the molecule is Cc1ccc(Cl)cc1-c1ccc(C=c2sc3n(c2=O)C(c2ccc(Cl)cc2)C=C(c2ccccc2)N=3)o1. The second kappa shape index (κ2) is 9.67. The molecule has 1 atom stereocenters. The number of rotatable bonds is 4. The first-order valence-electron chi connectivity index (χ1n) is 11.7. The van der Waals surface area contributed by atoms with Gasteiger partial charge >= 0.3 is 0 Å². The van der Waals surface area contributed by atoms with Gasteiger partial charge in [-0.1, -0.05) is 83.1 Å². The molecule has 0 N–H and O–H groups in total. The second-order valence-electron chi connectivity index (χ2n) is 8.76. The van der Waals surface area contributed by atoms with Gasteiger partial charge in [0.2, 0.25) is 0 Å². The molecule has 0 radical (unpaired) electrons. The summed E-state index contributed by atoms with van der Waals surface area (Å²) in [5, 5.41) is 1.29. The zero-order chi connectivity index (χ0) is 25.5. The molecule has 3 heterocycles. The van der Waals surface area contributed by atoms with E-state index < -0.39 is 0 Å². The molecule has 0 amide bonds. The Morgan fingerprint density at radius 2 is 1.70 bits per heavy atom. The molecule has 0 spiro atoms. The predicted octanol–water partition coefficient (Wildman–Crippen LogP) is 6.88. The average Bonchev–Trinajstić information content (AvgIpc) is 3.50. The van der Waals surface area contributed by atoms with Crippen molar-refractivity contribution in [2.24, 2.45) is 4.99 Å². The van der Waals surface area contributed by atoms with Crippen LogP contribution in [0.5, 0.6) is 0 Å². The third kappa shape index (κ3) is 4.62. The lowest BCUT2D eigenvalue weighted by Gasteiger charge is -2.19. The molecule has 0 aliphatic carbocycles. The van der Waals surface area contributed by atoms with Crippen LogP contribution in [-0.4, -0.2) is 4.57 Å². The molecule has 4 nitrogen and oxygen atoms in total. The van der Waals surface area contributed by atoms with E-state index in [4.69, 9.17) is 32.6 Å². The normalized spacial score (nSPS) is 15.3. The summed E-state index contributed by atoms with van der Waals surface area (Å²) in [6.07, 6.45) is 3.80. The number of fused-ring (bicyclic) bond motifs is 1. The minimum absolute atomic E-state index is 0.121. The molecule has 3 aromatic carbocycles. The van der Waals surface area contributed by atoms with Gasteiger partial charge in [-0.05, 0) is 66.1 Å². The van der Waals surface area contributed by atoms with Crippen LogP contribution in [-0.2, 0) is 0 Å². The molecule has 0 bridgehead atoms. The number of thiazole rings is 1. The molecular formula is C30H20Cl2N2O2S. The number of nitrogens with zero attached hydrogens (tertiary/aromatic N) is 2. The lowest BCUT2D eigenvalue weighted by molar-refractivity contribution is 0.571. The number of hydrogen-bond acceptors (Lipinski definition) is 4. The van der Waals surface area contributed by atoms with Crippen LogP contribution in [0.4, 0.5) is 0 Å². The molecule has 6 rings (SSSR count). The minimum atomic E-state index is -0.313. The first-order valence-corrected chi connectivity index (χ1v) is 13.2. The van der Waals surface area contributed by atoms with E-state index in [1.54, 1.807) is 10.6 Å². The molecule has 1 aliphatic heterocycles. The van der Waals surface area contributed by atoms with Gasteiger partial charge in [-0.3, -0.25) is 9.36 Å². The number of benzene rings is 3. The van der Waals surface area contributed by atoms with E-state index in [0.29, 0.717) is 30.9 Å². The summed E-state index contributed by atoms with van der Waals surface area (Å²) < 4.78 is 8.38. The second-order valence-corrected chi connectivity index (χ2v) is 10.6. The average molecular weight is 543 g/mol. The molecule has 0 saturated carbocycles. The van der Waals surface area contributed by atoms with Gasteiger partial charge in [0.1, 0.15) is 11.5 Å². The van der Waals surface area contributed by atoms with Crippen LogP contribution in [0.15, 0.2) is 105 Å². The van der Waals surface area contributed by atoms with E-state index in [9.17, 15) is 4.79 Å². The number of aromatic nitrogens is 1. The number of furan rings is 1. The summed E-state index contributed by atoms with van der Waals surface area (Å²) in [7, 11) is 0. The Morgan fingerprint density at radius 1 is 0.946 bits per heavy atom. The molecule has 37 heavy (non-hydrogen) atoms. The quantitative estimate of drug-likeness (QED) is 0.248. The van der Waals surface area contributed by atoms with E-state index in [1.165, 1.54) is 11.3 Å². The van der Waals surface area contributed by atoms with Gasteiger partial charge < -0.3 is 4.42 Å².